The summed E-state index contributed by atoms with van der Waals surface area (Å²) in [6.45, 7) is 4.56. The van der Waals surface area contributed by atoms with Crippen LogP contribution in [0, 0.1) is 0 Å². The van der Waals surface area contributed by atoms with E-state index in [0.29, 0.717) is 0 Å². The maximum absolute atomic E-state index is 11.5. The Hall–Kier alpha value is -2.98. The van der Waals surface area contributed by atoms with Gasteiger partial charge in [0.05, 0.1) is 0 Å². The van der Waals surface area contributed by atoms with Crippen molar-refractivity contribution in [1.29, 1.82) is 0 Å². The standard InChI is InChI=1S/C16H22O11/c1-8(18)23-7-14(25-10(3)20)16(27-12(5)22)15(26-11(4)21)13(6-17)24-9(2)19/h6,13-16H,7H2,1-5H3/t13-,14+,15-,16+/m0/s1. The Bertz CT molecular complexity index is 583. The Morgan fingerprint density at radius 1 is 0.667 bits per heavy atom. The highest BCUT2D eigenvalue weighted by atomic mass is 16.6. The van der Waals surface area contributed by atoms with E-state index in [9.17, 15) is 28.8 Å². The molecule has 0 aliphatic rings. The zero-order chi connectivity index (χ0) is 21.1. The average molecular weight is 390 g/mol. The number of carbonyl (C=O) groups is 6. The van der Waals surface area contributed by atoms with E-state index in [-0.39, 0.29) is 6.29 Å². The van der Waals surface area contributed by atoms with Crippen LogP contribution in [0.5, 0.6) is 0 Å². The van der Waals surface area contributed by atoms with Crippen LogP contribution in [0.15, 0.2) is 0 Å². The van der Waals surface area contributed by atoms with Crippen molar-refractivity contribution in [3.05, 3.63) is 0 Å². The Kier molecular flexibility index (Phi) is 10.3. The van der Waals surface area contributed by atoms with E-state index in [1.807, 2.05) is 0 Å². The van der Waals surface area contributed by atoms with Crippen LogP contribution in [0.25, 0.3) is 0 Å². The zero-order valence-electron chi connectivity index (χ0n) is 15.6. The van der Waals surface area contributed by atoms with E-state index in [0.717, 1.165) is 34.6 Å². The molecule has 0 saturated carbocycles. The summed E-state index contributed by atoms with van der Waals surface area (Å²) in [7, 11) is 0. The average Bonchev–Trinajstić information content (AvgIpc) is 2.51. The molecule has 152 valence electrons. The third-order valence-corrected chi connectivity index (χ3v) is 2.82. The van der Waals surface area contributed by atoms with Crippen LogP contribution in [0.1, 0.15) is 34.6 Å². The fourth-order valence-corrected chi connectivity index (χ4v) is 2.03. The van der Waals surface area contributed by atoms with Gasteiger partial charge in [0.1, 0.15) is 6.61 Å². The highest BCUT2D eigenvalue weighted by molar-refractivity contribution is 5.72. The van der Waals surface area contributed by atoms with Crippen LogP contribution >= 0.6 is 0 Å². The van der Waals surface area contributed by atoms with Crippen LogP contribution in [-0.4, -0.2) is 67.2 Å². The molecule has 0 aromatic rings. The highest BCUT2D eigenvalue weighted by Gasteiger charge is 2.43. The van der Waals surface area contributed by atoms with E-state index in [2.05, 4.69) is 0 Å². The molecule has 0 rings (SSSR count). The SMILES string of the molecule is CC(=O)OC[C@@H](OC(C)=O)[C@@H](OC(C)=O)[C@@H](OC(C)=O)[C@H](C=O)OC(C)=O. The minimum absolute atomic E-state index is 0.155. The van der Waals surface area contributed by atoms with Gasteiger partial charge >= 0.3 is 29.8 Å². The van der Waals surface area contributed by atoms with Crippen molar-refractivity contribution in [3.8, 4) is 0 Å². The molecule has 11 nitrogen and oxygen atoms in total. The first kappa shape index (κ1) is 24.0. The van der Waals surface area contributed by atoms with Crippen LogP contribution in [0.2, 0.25) is 0 Å². The third kappa shape index (κ3) is 9.92. The van der Waals surface area contributed by atoms with Crippen molar-refractivity contribution in [2.24, 2.45) is 0 Å². The van der Waals surface area contributed by atoms with Gasteiger partial charge in [-0.05, 0) is 0 Å². The molecular weight excluding hydrogens is 368 g/mol. The molecule has 27 heavy (non-hydrogen) atoms. The summed E-state index contributed by atoms with van der Waals surface area (Å²) in [5.74, 6) is -4.23. The second kappa shape index (κ2) is 11.6. The molecule has 0 spiro atoms. The molecular formula is C16H22O11. The van der Waals surface area contributed by atoms with Gasteiger partial charge in [0, 0.05) is 34.6 Å². The largest absolute Gasteiger partial charge is 0.462 e. The number of ether oxygens (including phenoxy) is 5. The second-order valence-corrected chi connectivity index (χ2v) is 5.31. The summed E-state index contributed by atoms with van der Waals surface area (Å²) in [6, 6.07) is 0. The third-order valence-electron chi connectivity index (χ3n) is 2.82. The summed E-state index contributed by atoms with van der Waals surface area (Å²) in [4.78, 5) is 68.0. The monoisotopic (exact) mass is 390 g/mol. The topological polar surface area (TPSA) is 149 Å². The molecule has 11 heteroatoms. The Morgan fingerprint density at radius 2 is 1.11 bits per heavy atom. The van der Waals surface area contributed by atoms with Gasteiger partial charge in [0.25, 0.3) is 0 Å². The lowest BCUT2D eigenvalue weighted by molar-refractivity contribution is -0.201. The molecule has 0 aromatic carbocycles. The van der Waals surface area contributed by atoms with Crippen molar-refractivity contribution in [1.82, 2.24) is 0 Å². The fourth-order valence-electron chi connectivity index (χ4n) is 2.03. The van der Waals surface area contributed by atoms with Gasteiger partial charge < -0.3 is 23.7 Å². The van der Waals surface area contributed by atoms with Gasteiger partial charge in [-0.15, -0.1) is 0 Å². The van der Waals surface area contributed by atoms with Crippen molar-refractivity contribution in [2.75, 3.05) is 6.61 Å². The minimum atomic E-state index is -1.67. The number of carbonyl (C=O) groups excluding carboxylic acids is 6. The molecule has 4 atom stereocenters. The van der Waals surface area contributed by atoms with Crippen LogP contribution in [0.3, 0.4) is 0 Å². The molecule has 0 bridgehead atoms. The molecule has 0 unspecified atom stereocenters. The lowest BCUT2D eigenvalue weighted by Crippen LogP contribution is -2.53. The Balaban J connectivity index is 6.00. The Labute approximate surface area is 155 Å². The fraction of sp³-hybridized carbons (Fsp3) is 0.625. The maximum Gasteiger partial charge on any atom is 0.303 e. The maximum atomic E-state index is 11.5. The summed E-state index contributed by atoms with van der Waals surface area (Å²) in [5.41, 5.74) is 0. The first-order valence-corrected chi connectivity index (χ1v) is 7.75. The molecule has 0 aliphatic heterocycles. The van der Waals surface area contributed by atoms with Crippen LogP contribution in [-0.2, 0) is 52.5 Å². The highest BCUT2D eigenvalue weighted by Crippen LogP contribution is 2.19. The molecule has 0 radical (unpaired) electrons. The van der Waals surface area contributed by atoms with E-state index < -0.39 is 60.9 Å². The quantitative estimate of drug-likeness (QED) is 0.269. The van der Waals surface area contributed by atoms with Crippen molar-refractivity contribution in [3.63, 3.8) is 0 Å². The molecule has 0 amide bonds. The first-order chi connectivity index (χ1) is 12.5. The number of hydrogen-bond acceptors (Lipinski definition) is 11. The van der Waals surface area contributed by atoms with Crippen molar-refractivity contribution >= 4 is 36.1 Å². The molecule has 0 saturated heterocycles. The van der Waals surface area contributed by atoms with E-state index in [4.69, 9.17) is 23.7 Å². The van der Waals surface area contributed by atoms with Gasteiger partial charge in [0.15, 0.2) is 30.7 Å². The van der Waals surface area contributed by atoms with Crippen LogP contribution < -0.4 is 0 Å². The number of aldehydes is 1. The van der Waals surface area contributed by atoms with Crippen molar-refractivity contribution < 1.29 is 52.5 Å². The molecule has 0 aromatic heterocycles. The van der Waals surface area contributed by atoms with Crippen LogP contribution in [0.4, 0.5) is 0 Å². The number of esters is 5. The normalized spacial score (nSPS) is 14.6. The molecule has 0 aliphatic carbocycles. The lowest BCUT2D eigenvalue weighted by Gasteiger charge is -2.33. The minimum Gasteiger partial charge on any atom is -0.462 e. The zero-order valence-corrected chi connectivity index (χ0v) is 15.6. The summed E-state index contributed by atoms with van der Waals surface area (Å²) >= 11 is 0. The first-order valence-electron chi connectivity index (χ1n) is 7.75. The molecule has 0 heterocycles. The molecule has 0 fully saturated rings. The lowest BCUT2D eigenvalue weighted by atomic mass is 10.0. The predicted molar refractivity (Wildman–Crippen MR) is 84.9 cm³/mol. The van der Waals surface area contributed by atoms with Gasteiger partial charge in [-0.3, -0.25) is 28.8 Å². The number of hydrogen-bond donors (Lipinski definition) is 0. The summed E-state index contributed by atoms with van der Waals surface area (Å²) < 4.78 is 24.6. The summed E-state index contributed by atoms with van der Waals surface area (Å²) in [5, 5.41) is 0. The predicted octanol–water partition coefficient (Wildman–Crippen LogP) is -0.525. The molecule has 0 N–H and O–H groups in total. The van der Waals surface area contributed by atoms with E-state index >= 15 is 0 Å². The van der Waals surface area contributed by atoms with Crippen molar-refractivity contribution in [2.45, 2.75) is 59.0 Å². The van der Waals surface area contributed by atoms with Gasteiger partial charge in [0.2, 0.25) is 0 Å². The van der Waals surface area contributed by atoms with Gasteiger partial charge in [-0.2, -0.15) is 0 Å². The van der Waals surface area contributed by atoms with Gasteiger partial charge in [-0.1, -0.05) is 0 Å². The summed E-state index contributed by atoms with van der Waals surface area (Å²) in [6.07, 6.45) is -6.23. The number of rotatable bonds is 10. The Morgan fingerprint density at radius 3 is 1.48 bits per heavy atom. The van der Waals surface area contributed by atoms with E-state index in [1.54, 1.807) is 0 Å². The van der Waals surface area contributed by atoms with E-state index in [1.165, 1.54) is 0 Å². The smallest absolute Gasteiger partial charge is 0.303 e. The van der Waals surface area contributed by atoms with Gasteiger partial charge in [-0.25, -0.2) is 0 Å². The second-order valence-electron chi connectivity index (χ2n) is 5.31.